The Balaban J connectivity index is 2.25. The number of halogens is 1. The molecule has 0 atom stereocenters. The van der Waals surface area contributed by atoms with Crippen LogP contribution in [-0.2, 0) is 6.54 Å². The molecular weight excluding hydrogens is 286 g/mol. The van der Waals surface area contributed by atoms with Gasteiger partial charge in [-0.05, 0) is 17.7 Å². The van der Waals surface area contributed by atoms with E-state index < -0.39 is 5.97 Å². The van der Waals surface area contributed by atoms with Gasteiger partial charge in [0, 0.05) is 10.7 Å². The molecular formula is C11H10BrN3O2. The number of carboxylic acids is 1. The molecule has 0 fully saturated rings. The Labute approximate surface area is 106 Å². The first-order valence-corrected chi connectivity index (χ1v) is 5.66. The summed E-state index contributed by atoms with van der Waals surface area (Å²) in [4.78, 5) is 10.8. The highest BCUT2D eigenvalue weighted by Gasteiger charge is 2.13. The number of rotatable bonds is 3. The summed E-state index contributed by atoms with van der Waals surface area (Å²) in [5, 5.41) is 12.7. The minimum absolute atomic E-state index is 0.111. The van der Waals surface area contributed by atoms with Crippen LogP contribution in [-0.4, -0.2) is 20.9 Å². The topological polar surface area (TPSA) is 81.1 Å². The lowest BCUT2D eigenvalue weighted by atomic mass is 10.2. The van der Waals surface area contributed by atoms with Crippen LogP contribution in [0.5, 0.6) is 0 Å². The smallest absolute Gasteiger partial charge is 0.358 e. The Morgan fingerprint density at radius 1 is 1.53 bits per heavy atom. The Hall–Kier alpha value is -1.82. The van der Waals surface area contributed by atoms with E-state index in [-0.39, 0.29) is 11.4 Å². The Morgan fingerprint density at radius 3 is 2.88 bits per heavy atom. The lowest BCUT2D eigenvalue weighted by Crippen LogP contribution is -2.04. The first-order chi connectivity index (χ1) is 8.06. The van der Waals surface area contributed by atoms with Gasteiger partial charge in [-0.1, -0.05) is 28.1 Å². The van der Waals surface area contributed by atoms with Gasteiger partial charge < -0.3 is 10.8 Å². The van der Waals surface area contributed by atoms with E-state index in [9.17, 15) is 4.79 Å². The minimum Gasteiger partial charge on any atom is -0.476 e. The highest BCUT2D eigenvalue weighted by molar-refractivity contribution is 9.10. The van der Waals surface area contributed by atoms with Gasteiger partial charge in [-0.15, -0.1) is 0 Å². The van der Waals surface area contributed by atoms with Crippen molar-refractivity contribution < 1.29 is 9.90 Å². The SMILES string of the molecule is Nc1cn(Cc2cccc(Br)c2)nc1C(=O)O. The lowest BCUT2D eigenvalue weighted by molar-refractivity contribution is 0.0690. The van der Waals surface area contributed by atoms with Crippen molar-refractivity contribution in [3.63, 3.8) is 0 Å². The van der Waals surface area contributed by atoms with Gasteiger partial charge in [0.2, 0.25) is 0 Å². The second-order valence-corrected chi connectivity index (χ2v) is 4.48. The Bertz CT molecular complexity index is 566. The number of aromatic carboxylic acids is 1. The second kappa shape index (κ2) is 4.58. The van der Waals surface area contributed by atoms with Crippen molar-refractivity contribution in [2.75, 3.05) is 5.73 Å². The van der Waals surface area contributed by atoms with E-state index in [4.69, 9.17) is 10.8 Å². The van der Waals surface area contributed by atoms with E-state index >= 15 is 0 Å². The number of nitrogen functional groups attached to an aromatic ring is 1. The molecule has 2 aromatic rings. The molecule has 0 unspecified atom stereocenters. The summed E-state index contributed by atoms with van der Waals surface area (Å²) >= 11 is 3.37. The maximum Gasteiger partial charge on any atom is 0.358 e. The third kappa shape index (κ3) is 2.65. The maximum atomic E-state index is 10.8. The second-order valence-electron chi connectivity index (χ2n) is 3.57. The first-order valence-electron chi connectivity index (χ1n) is 4.87. The van der Waals surface area contributed by atoms with Crippen molar-refractivity contribution in [1.29, 1.82) is 0 Å². The average molecular weight is 296 g/mol. The molecule has 0 aliphatic heterocycles. The van der Waals surface area contributed by atoms with Crippen molar-refractivity contribution in [2.24, 2.45) is 0 Å². The average Bonchev–Trinajstić information content (AvgIpc) is 2.59. The molecule has 17 heavy (non-hydrogen) atoms. The molecule has 0 spiro atoms. The number of carbonyl (C=O) groups is 1. The van der Waals surface area contributed by atoms with Gasteiger partial charge in [-0.3, -0.25) is 4.68 Å². The van der Waals surface area contributed by atoms with Crippen molar-refractivity contribution in [2.45, 2.75) is 6.54 Å². The van der Waals surface area contributed by atoms with Gasteiger partial charge in [0.15, 0.2) is 5.69 Å². The third-order valence-corrected chi connectivity index (χ3v) is 2.72. The fourth-order valence-corrected chi connectivity index (χ4v) is 1.95. The summed E-state index contributed by atoms with van der Waals surface area (Å²) < 4.78 is 2.48. The van der Waals surface area contributed by atoms with Gasteiger partial charge >= 0.3 is 5.97 Å². The molecule has 5 nitrogen and oxygen atoms in total. The maximum absolute atomic E-state index is 10.8. The molecule has 88 valence electrons. The standard InChI is InChI=1S/C11H10BrN3O2/c12-8-3-1-2-7(4-8)5-15-6-9(13)10(14-15)11(16)17/h1-4,6H,5,13H2,(H,16,17). The largest absolute Gasteiger partial charge is 0.476 e. The van der Waals surface area contributed by atoms with Crippen molar-refractivity contribution >= 4 is 27.6 Å². The third-order valence-electron chi connectivity index (χ3n) is 2.23. The van der Waals surface area contributed by atoms with Crippen LogP contribution in [0.1, 0.15) is 16.1 Å². The first kappa shape index (κ1) is 11.7. The summed E-state index contributed by atoms with van der Waals surface area (Å²) in [6.07, 6.45) is 1.52. The number of nitrogens with zero attached hydrogens (tertiary/aromatic N) is 2. The molecule has 2 rings (SSSR count). The zero-order valence-electron chi connectivity index (χ0n) is 8.80. The van der Waals surface area contributed by atoms with E-state index in [2.05, 4.69) is 21.0 Å². The van der Waals surface area contributed by atoms with Crippen LogP contribution in [0.4, 0.5) is 5.69 Å². The number of nitrogens with two attached hydrogens (primary N) is 1. The summed E-state index contributed by atoms with van der Waals surface area (Å²) in [5.41, 5.74) is 6.63. The van der Waals surface area contributed by atoms with E-state index in [1.165, 1.54) is 10.9 Å². The van der Waals surface area contributed by atoms with E-state index in [0.29, 0.717) is 6.54 Å². The molecule has 3 N–H and O–H groups in total. The van der Waals surface area contributed by atoms with Gasteiger partial charge in [-0.2, -0.15) is 5.10 Å². The quantitative estimate of drug-likeness (QED) is 0.907. The van der Waals surface area contributed by atoms with E-state index in [0.717, 1.165) is 10.0 Å². The summed E-state index contributed by atoms with van der Waals surface area (Å²) in [7, 11) is 0. The number of hydrogen-bond donors (Lipinski definition) is 2. The van der Waals surface area contributed by atoms with Gasteiger partial charge in [0.25, 0.3) is 0 Å². The van der Waals surface area contributed by atoms with Crippen LogP contribution in [0.25, 0.3) is 0 Å². The predicted octanol–water partition coefficient (Wildman–Crippen LogP) is 1.97. The molecule has 0 aliphatic carbocycles. The number of carboxylic acid groups (broad SMARTS) is 1. The number of anilines is 1. The van der Waals surface area contributed by atoms with E-state index in [1.807, 2.05) is 24.3 Å². The van der Waals surface area contributed by atoms with Crippen molar-refractivity contribution in [3.05, 3.63) is 46.2 Å². The Kier molecular flexibility index (Phi) is 3.14. The van der Waals surface area contributed by atoms with Gasteiger partial charge in [0.05, 0.1) is 12.2 Å². The number of benzene rings is 1. The fourth-order valence-electron chi connectivity index (χ4n) is 1.51. The molecule has 0 bridgehead atoms. The molecule has 0 saturated carbocycles. The highest BCUT2D eigenvalue weighted by atomic mass is 79.9. The molecule has 0 radical (unpaired) electrons. The zero-order valence-corrected chi connectivity index (χ0v) is 10.4. The number of hydrogen-bond acceptors (Lipinski definition) is 3. The van der Waals surface area contributed by atoms with Gasteiger partial charge in [-0.25, -0.2) is 4.79 Å². The number of aromatic nitrogens is 2. The summed E-state index contributed by atoms with van der Waals surface area (Å²) in [6, 6.07) is 7.70. The van der Waals surface area contributed by atoms with Crippen molar-refractivity contribution in [1.82, 2.24) is 9.78 Å². The van der Waals surface area contributed by atoms with Crippen LogP contribution in [0.2, 0.25) is 0 Å². The zero-order chi connectivity index (χ0) is 12.4. The molecule has 1 heterocycles. The van der Waals surface area contributed by atoms with Gasteiger partial charge in [0.1, 0.15) is 0 Å². The highest BCUT2D eigenvalue weighted by Crippen LogP contribution is 2.14. The predicted molar refractivity (Wildman–Crippen MR) is 66.8 cm³/mol. The summed E-state index contributed by atoms with van der Waals surface area (Å²) in [6.45, 7) is 0.483. The normalized spacial score (nSPS) is 10.4. The van der Waals surface area contributed by atoms with Crippen LogP contribution in [0.15, 0.2) is 34.9 Å². The summed E-state index contributed by atoms with van der Waals surface area (Å²) in [5.74, 6) is -1.12. The van der Waals surface area contributed by atoms with Crippen LogP contribution in [0, 0.1) is 0 Å². The molecule has 0 amide bonds. The molecule has 1 aromatic heterocycles. The van der Waals surface area contributed by atoms with Crippen LogP contribution < -0.4 is 5.73 Å². The van der Waals surface area contributed by atoms with E-state index in [1.54, 1.807) is 0 Å². The molecule has 6 heteroatoms. The molecule has 1 aromatic carbocycles. The van der Waals surface area contributed by atoms with Crippen LogP contribution >= 0.6 is 15.9 Å². The Morgan fingerprint density at radius 2 is 2.29 bits per heavy atom. The lowest BCUT2D eigenvalue weighted by Gasteiger charge is -2.01. The molecule has 0 aliphatic rings. The van der Waals surface area contributed by atoms with Crippen molar-refractivity contribution in [3.8, 4) is 0 Å². The molecule has 0 saturated heterocycles. The monoisotopic (exact) mass is 295 g/mol. The minimum atomic E-state index is -1.12. The fraction of sp³-hybridized carbons (Fsp3) is 0.0909. The van der Waals surface area contributed by atoms with Crippen LogP contribution in [0.3, 0.4) is 0 Å².